The summed E-state index contributed by atoms with van der Waals surface area (Å²) in [5, 5.41) is 1.66. The summed E-state index contributed by atoms with van der Waals surface area (Å²) in [5.41, 5.74) is 5.66. The van der Waals surface area contributed by atoms with E-state index in [4.69, 9.17) is 4.42 Å². The van der Waals surface area contributed by atoms with Crippen LogP contribution in [0.15, 0.2) is 128 Å². The van der Waals surface area contributed by atoms with E-state index in [1.54, 1.807) is 36.2 Å². The van der Waals surface area contributed by atoms with Crippen molar-refractivity contribution < 1.29 is 35.2 Å². The molecule has 4 aromatic rings. The van der Waals surface area contributed by atoms with E-state index in [0.29, 0.717) is 28.5 Å². The number of Topliss-reactive ketones (excluding diaryl/α,β-unsaturated/α-hetero) is 1. The lowest BCUT2D eigenvalue weighted by Crippen LogP contribution is -2.33. The number of carbonyl (C=O) groups excluding carboxylic acids is 1. The summed E-state index contributed by atoms with van der Waals surface area (Å²) < 4.78 is 76.5. The summed E-state index contributed by atoms with van der Waals surface area (Å²) in [6.45, 7) is 5.54. The third-order valence-corrected chi connectivity index (χ3v) is 13.2. The second-order valence-electron chi connectivity index (χ2n) is 14.2. The Bertz CT molecular complexity index is 2700. The number of hydrogen-bond donors (Lipinski definition) is 2. The van der Waals surface area contributed by atoms with Gasteiger partial charge in [0.15, 0.2) is 0 Å². The minimum absolute atomic E-state index is 0.0295. The number of fused-ring (bicyclic) bond motifs is 2. The fraction of sp³-hybridized carbons (Fsp3) is 0.238. The molecular formula is C42H42N3O8S3+. The van der Waals surface area contributed by atoms with Crippen LogP contribution in [-0.4, -0.2) is 63.2 Å². The third-order valence-electron chi connectivity index (χ3n) is 10.3. The number of hydrogen-bond acceptors (Lipinski definition) is 9. The Hall–Kier alpha value is -4.83. The maximum absolute atomic E-state index is 12.7. The van der Waals surface area contributed by atoms with E-state index in [0.717, 1.165) is 63.9 Å². The highest BCUT2D eigenvalue weighted by molar-refractivity contribution is 7.97. The number of rotatable bonds is 10. The van der Waals surface area contributed by atoms with Gasteiger partial charge in [0.2, 0.25) is 11.0 Å². The highest BCUT2D eigenvalue weighted by Crippen LogP contribution is 2.45. The minimum atomic E-state index is -4.34. The molecule has 0 atom stereocenters. The molecule has 0 aromatic heterocycles. The van der Waals surface area contributed by atoms with Crippen LogP contribution in [0.1, 0.15) is 26.7 Å². The zero-order chi connectivity index (χ0) is 39.9. The predicted octanol–water partition coefficient (Wildman–Crippen LogP) is 8.14. The van der Waals surface area contributed by atoms with Crippen molar-refractivity contribution in [2.45, 2.75) is 41.4 Å². The molecule has 290 valence electrons. The molecule has 1 saturated heterocycles. The van der Waals surface area contributed by atoms with Crippen molar-refractivity contribution in [1.82, 2.24) is 8.88 Å². The maximum atomic E-state index is 12.7. The molecule has 7 rings (SSSR count). The van der Waals surface area contributed by atoms with Gasteiger partial charge in [0, 0.05) is 89.0 Å². The summed E-state index contributed by atoms with van der Waals surface area (Å²) in [5.74, 6) is 1.06. The number of anilines is 2. The van der Waals surface area contributed by atoms with Gasteiger partial charge in [-0.05, 0) is 91.0 Å². The average molecular weight is 813 g/mol. The van der Waals surface area contributed by atoms with Gasteiger partial charge < -0.3 is 9.32 Å². The smallest absolute Gasteiger partial charge is 0.294 e. The fourth-order valence-corrected chi connectivity index (χ4v) is 9.19. The molecule has 0 radical (unpaired) electrons. The highest BCUT2D eigenvalue weighted by atomic mass is 32.2. The van der Waals surface area contributed by atoms with E-state index in [-0.39, 0.29) is 21.6 Å². The first-order chi connectivity index (χ1) is 26.6. The average Bonchev–Trinajstić information content (AvgIpc) is 3.18. The number of nitrogens with zero attached hydrogens (tertiary/aromatic N) is 3. The Morgan fingerprint density at radius 3 is 2.04 bits per heavy atom. The van der Waals surface area contributed by atoms with Crippen LogP contribution in [0.25, 0.3) is 33.4 Å². The zero-order valence-corrected chi connectivity index (χ0v) is 33.7. The Balaban J connectivity index is 1.35. The minimum Gasteiger partial charge on any atom is -0.456 e. The van der Waals surface area contributed by atoms with Crippen molar-refractivity contribution in [3.05, 3.63) is 115 Å². The lowest BCUT2D eigenvalue weighted by molar-refractivity contribution is -0.126. The fourth-order valence-electron chi connectivity index (χ4n) is 7.15. The normalized spacial score (nSPS) is 15.1. The van der Waals surface area contributed by atoms with Gasteiger partial charge in [0.25, 0.3) is 20.2 Å². The Morgan fingerprint density at radius 1 is 0.804 bits per heavy atom. The molecule has 4 aromatic carbocycles. The molecular weight excluding hydrogens is 771 g/mol. The Labute approximate surface area is 330 Å². The molecule has 2 N–H and O–H groups in total. The van der Waals surface area contributed by atoms with Gasteiger partial charge in [-0.25, -0.2) is 4.31 Å². The zero-order valence-electron chi connectivity index (χ0n) is 31.3. The van der Waals surface area contributed by atoms with Crippen molar-refractivity contribution in [1.29, 1.82) is 0 Å². The standard InChI is InChI=1S/C42H41N3O8S3/c1-27(2)42(46)28-21-23-45(24-22-28)54-40-8-6-5-7-37(40)41-35-19-13-31(43(3)29-9-15-33(16-10-29)55(47,48)49)25-38(35)53-39-26-32(14-20-36(39)41)44(4)30-11-17-34(18-12-30)56(50,51)52/h5-20,25-28H,21-24H2,1-4H3,(H-,47,48,49,50,51,52)/p+1. The quantitative estimate of drug-likeness (QED) is 0.0598. The van der Waals surface area contributed by atoms with E-state index in [1.807, 2.05) is 85.9 Å². The summed E-state index contributed by atoms with van der Waals surface area (Å²) in [6, 6.07) is 32.0. The lowest BCUT2D eigenvalue weighted by atomic mass is 9.88. The lowest BCUT2D eigenvalue weighted by Gasteiger charge is -2.31. The molecule has 3 aliphatic rings. The van der Waals surface area contributed by atoms with Gasteiger partial charge in [0.1, 0.15) is 24.2 Å². The Kier molecular flexibility index (Phi) is 11.0. The molecule has 2 heterocycles. The van der Waals surface area contributed by atoms with Gasteiger partial charge in [-0.1, -0.05) is 32.0 Å². The molecule has 0 bridgehead atoms. The second kappa shape index (κ2) is 15.6. The SMILES string of the molecule is CC(C)C(=O)C1CCN(Sc2ccccc2-c2c3ccc(=[N+](C)c4ccc(S(=O)(=O)O)cc4)cc-3oc3cc(N(C)c4ccc(S(=O)(=O)O)cc4)ccc23)CC1. The van der Waals surface area contributed by atoms with Crippen LogP contribution in [0.2, 0.25) is 0 Å². The monoisotopic (exact) mass is 812 g/mol. The van der Waals surface area contributed by atoms with Crippen LogP contribution in [0.4, 0.5) is 17.1 Å². The summed E-state index contributed by atoms with van der Waals surface area (Å²) in [6.07, 6.45) is 1.65. The first-order valence-electron chi connectivity index (χ1n) is 18.1. The first kappa shape index (κ1) is 39.4. The molecule has 14 heteroatoms. The van der Waals surface area contributed by atoms with E-state index in [1.165, 1.54) is 24.3 Å². The van der Waals surface area contributed by atoms with Crippen LogP contribution in [0.5, 0.6) is 0 Å². The van der Waals surface area contributed by atoms with Crippen molar-refractivity contribution in [2.24, 2.45) is 11.8 Å². The van der Waals surface area contributed by atoms with Gasteiger partial charge >= 0.3 is 0 Å². The molecule has 56 heavy (non-hydrogen) atoms. The van der Waals surface area contributed by atoms with Crippen molar-refractivity contribution in [3.63, 3.8) is 0 Å². The number of piperidine rings is 1. The summed E-state index contributed by atoms with van der Waals surface area (Å²) >= 11 is 1.70. The van der Waals surface area contributed by atoms with Gasteiger partial charge in [-0.2, -0.15) is 21.4 Å². The number of benzene rings is 5. The maximum Gasteiger partial charge on any atom is 0.294 e. The molecule has 11 nitrogen and oxygen atoms in total. The molecule has 0 saturated carbocycles. The molecule has 2 aliphatic heterocycles. The van der Waals surface area contributed by atoms with E-state index in [9.17, 15) is 30.7 Å². The van der Waals surface area contributed by atoms with Crippen LogP contribution in [-0.2, 0) is 25.0 Å². The molecule has 0 amide bonds. The van der Waals surface area contributed by atoms with Crippen LogP contribution < -0.4 is 14.8 Å². The summed E-state index contributed by atoms with van der Waals surface area (Å²) in [7, 11) is -4.96. The first-order valence-corrected chi connectivity index (χ1v) is 21.8. The van der Waals surface area contributed by atoms with Crippen molar-refractivity contribution >= 4 is 66.0 Å². The van der Waals surface area contributed by atoms with Crippen molar-refractivity contribution in [2.75, 3.05) is 32.1 Å². The predicted molar refractivity (Wildman–Crippen MR) is 220 cm³/mol. The topological polar surface area (TPSA) is 148 Å². The van der Waals surface area contributed by atoms with E-state index in [2.05, 4.69) is 16.4 Å². The molecule has 1 aliphatic carbocycles. The van der Waals surface area contributed by atoms with Crippen LogP contribution >= 0.6 is 11.9 Å². The van der Waals surface area contributed by atoms with Crippen LogP contribution in [0, 0.1) is 11.8 Å². The molecule has 0 unspecified atom stereocenters. The molecule has 0 spiro atoms. The number of carbonyl (C=O) groups is 1. The second-order valence-corrected chi connectivity index (χ2v) is 18.2. The molecule has 1 fully saturated rings. The van der Waals surface area contributed by atoms with Crippen LogP contribution in [0.3, 0.4) is 0 Å². The largest absolute Gasteiger partial charge is 0.456 e. The summed E-state index contributed by atoms with van der Waals surface area (Å²) in [4.78, 5) is 15.3. The van der Waals surface area contributed by atoms with Crippen molar-refractivity contribution in [3.8, 4) is 22.5 Å². The highest BCUT2D eigenvalue weighted by Gasteiger charge is 2.28. The van der Waals surface area contributed by atoms with Gasteiger partial charge in [-0.3, -0.25) is 13.9 Å². The number of ketones is 1. The van der Waals surface area contributed by atoms with Gasteiger partial charge in [-0.15, -0.1) is 0 Å². The van der Waals surface area contributed by atoms with E-state index < -0.39 is 20.2 Å². The Morgan fingerprint density at radius 2 is 1.41 bits per heavy atom. The van der Waals surface area contributed by atoms with E-state index >= 15 is 0 Å². The third kappa shape index (κ3) is 8.17. The van der Waals surface area contributed by atoms with Gasteiger partial charge in [0.05, 0.1) is 15.9 Å².